The Hall–Kier alpha value is 0.730. The summed E-state index contributed by atoms with van der Waals surface area (Å²) >= 11 is 2.35. The minimum Gasteiger partial charge on any atom is -0.0864 e. The van der Waals surface area contributed by atoms with E-state index in [-0.39, 0.29) is 7.43 Å². The zero-order chi connectivity index (χ0) is 3.41. The molecule has 0 aromatic heterocycles. The summed E-state index contributed by atoms with van der Waals surface area (Å²) in [7, 11) is 0. The van der Waals surface area contributed by atoms with Crippen molar-refractivity contribution in [2.24, 2.45) is 0 Å². The molecule has 0 aromatic rings. The van der Waals surface area contributed by atoms with Crippen molar-refractivity contribution >= 4 is 22.6 Å². The highest BCUT2D eigenvalue weighted by Crippen LogP contribution is 1.81. The fraction of sp³-hybridized carbons (Fsp3) is 1.00. The van der Waals surface area contributed by atoms with Crippen LogP contribution in [0, 0.1) is 0 Å². The predicted molar refractivity (Wildman–Crippen MR) is 35.9 cm³/mol. The SMILES string of the molecule is C.CCCI. The van der Waals surface area contributed by atoms with Crippen molar-refractivity contribution < 1.29 is 0 Å². The number of rotatable bonds is 1. The van der Waals surface area contributed by atoms with Gasteiger partial charge in [0.15, 0.2) is 0 Å². The van der Waals surface area contributed by atoms with Crippen LogP contribution in [0.3, 0.4) is 0 Å². The topological polar surface area (TPSA) is 0 Å². The van der Waals surface area contributed by atoms with E-state index in [1.807, 2.05) is 0 Å². The van der Waals surface area contributed by atoms with Gasteiger partial charge in [0.1, 0.15) is 0 Å². The Morgan fingerprint density at radius 3 is 1.80 bits per heavy atom. The Bertz CT molecular complexity index is 5.61. The lowest BCUT2D eigenvalue weighted by Crippen LogP contribution is -1.54. The molecule has 0 saturated carbocycles. The molecule has 0 N–H and O–H groups in total. The predicted octanol–water partition coefficient (Wildman–Crippen LogP) is 2.47. The summed E-state index contributed by atoms with van der Waals surface area (Å²) in [6, 6.07) is 0. The molecule has 1 heteroatoms. The van der Waals surface area contributed by atoms with Gasteiger partial charge in [0, 0.05) is 0 Å². The molecule has 34 valence electrons. The second-order valence-electron chi connectivity index (χ2n) is 0.689. The first-order valence-corrected chi connectivity index (χ1v) is 3.00. The monoisotopic (exact) mass is 186 g/mol. The van der Waals surface area contributed by atoms with Crippen molar-refractivity contribution in [1.29, 1.82) is 0 Å². The minimum atomic E-state index is 0. The Kier molecular flexibility index (Phi) is 16.3. The number of hydrogen-bond donors (Lipinski definition) is 0. The zero-order valence-electron chi connectivity index (χ0n) is 2.79. The molecule has 0 radical (unpaired) electrons. The summed E-state index contributed by atoms with van der Waals surface area (Å²) in [6.45, 7) is 2.17. The highest BCUT2D eigenvalue weighted by atomic mass is 127. The first-order valence-electron chi connectivity index (χ1n) is 1.47. The van der Waals surface area contributed by atoms with Crippen LogP contribution in [0.25, 0.3) is 0 Å². The van der Waals surface area contributed by atoms with Crippen molar-refractivity contribution in [2.75, 3.05) is 4.43 Å². The van der Waals surface area contributed by atoms with Gasteiger partial charge in [-0.15, -0.1) is 0 Å². The van der Waals surface area contributed by atoms with Crippen LogP contribution in [0.1, 0.15) is 20.8 Å². The lowest BCUT2D eigenvalue weighted by molar-refractivity contribution is 1.13. The maximum absolute atomic E-state index is 2.35. The standard InChI is InChI=1S/C3H7I.CH4/c1-2-3-4;/h2-3H2,1H3;1H4. The summed E-state index contributed by atoms with van der Waals surface area (Å²) in [4.78, 5) is 0. The van der Waals surface area contributed by atoms with Crippen molar-refractivity contribution in [3.8, 4) is 0 Å². The largest absolute Gasteiger partial charge is 0.0864 e. The summed E-state index contributed by atoms with van der Waals surface area (Å²) < 4.78 is 1.29. The van der Waals surface area contributed by atoms with Crippen LogP contribution in [0.5, 0.6) is 0 Å². The van der Waals surface area contributed by atoms with E-state index in [2.05, 4.69) is 29.5 Å². The van der Waals surface area contributed by atoms with Crippen molar-refractivity contribution in [1.82, 2.24) is 0 Å². The van der Waals surface area contributed by atoms with Crippen LogP contribution in [0.15, 0.2) is 0 Å². The Labute approximate surface area is 48.1 Å². The quantitative estimate of drug-likeness (QED) is 0.435. The van der Waals surface area contributed by atoms with Gasteiger partial charge in [-0.2, -0.15) is 0 Å². The highest BCUT2D eigenvalue weighted by Gasteiger charge is 1.58. The third-order valence-electron chi connectivity index (χ3n) is 0.189. The molecule has 0 heterocycles. The second-order valence-corrected chi connectivity index (χ2v) is 1.77. The van der Waals surface area contributed by atoms with Gasteiger partial charge in [0.2, 0.25) is 0 Å². The van der Waals surface area contributed by atoms with Gasteiger partial charge in [-0.3, -0.25) is 0 Å². The molecule has 0 aliphatic carbocycles. The van der Waals surface area contributed by atoms with Gasteiger partial charge in [0.25, 0.3) is 0 Å². The molecule has 0 fully saturated rings. The fourth-order valence-electron chi connectivity index (χ4n) is 0. The van der Waals surface area contributed by atoms with Crippen LogP contribution in [-0.4, -0.2) is 4.43 Å². The van der Waals surface area contributed by atoms with Gasteiger partial charge in [-0.1, -0.05) is 36.9 Å². The summed E-state index contributed by atoms with van der Waals surface area (Å²) in [5, 5.41) is 0. The summed E-state index contributed by atoms with van der Waals surface area (Å²) in [5.41, 5.74) is 0. The molecular weight excluding hydrogens is 175 g/mol. The van der Waals surface area contributed by atoms with Crippen LogP contribution in [0.4, 0.5) is 0 Å². The van der Waals surface area contributed by atoms with Gasteiger partial charge in [-0.05, 0) is 10.8 Å². The van der Waals surface area contributed by atoms with Gasteiger partial charge >= 0.3 is 0 Å². The number of halogens is 1. The van der Waals surface area contributed by atoms with Crippen LogP contribution in [-0.2, 0) is 0 Å². The molecule has 0 spiro atoms. The van der Waals surface area contributed by atoms with E-state index in [9.17, 15) is 0 Å². The summed E-state index contributed by atoms with van der Waals surface area (Å²) in [6.07, 6.45) is 1.31. The third-order valence-corrected chi connectivity index (χ3v) is 1.27. The molecule has 0 rings (SSSR count). The van der Waals surface area contributed by atoms with Crippen molar-refractivity contribution in [3.05, 3.63) is 0 Å². The third kappa shape index (κ3) is 11.8. The van der Waals surface area contributed by atoms with E-state index < -0.39 is 0 Å². The first-order chi connectivity index (χ1) is 1.91. The van der Waals surface area contributed by atoms with E-state index in [1.165, 1.54) is 10.8 Å². The molecular formula is C4H11I. The first kappa shape index (κ1) is 9.21. The van der Waals surface area contributed by atoms with E-state index in [1.54, 1.807) is 0 Å². The molecule has 0 nitrogen and oxygen atoms in total. The zero-order valence-corrected chi connectivity index (χ0v) is 4.95. The average molecular weight is 186 g/mol. The number of hydrogen-bond acceptors (Lipinski definition) is 0. The van der Waals surface area contributed by atoms with Crippen LogP contribution < -0.4 is 0 Å². The van der Waals surface area contributed by atoms with E-state index in [4.69, 9.17) is 0 Å². The summed E-state index contributed by atoms with van der Waals surface area (Å²) in [5.74, 6) is 0. The fourth-order valence-corrected chi connectivity index (χ4v) is 0. The average Bonchev–Trinajstić information content (AvgIpc) is 1.37. The highest BCUT2D eigenvalue weighted by molar-refractivity contribution is 14.1. The smallest absolute Gasteiger partial charge is 0.000735 e. The molecule has 0 aromatic carbocycles. The van der Waals surface area contributed by atoms with Gasteiger partial charge < -0.3 is 0 Å². The molecule has 0 atom stereocenters. The van der Waals surface area contributed by atoms with E-state index >= 15 is 0 Å². The maximum atomic E-state index is 2.35. The minimum absolute atomic E-state index is 0. The molecule has 0 bridgehead atoms. The van der Waals surface area contributed by atoms with Crippen LogP contribution >= 0.6 is 22.6 Å². The molecule has 0 unspecified atom stereocenters. The molecule has 0 amide bonds. The van der Waals surface area contributed by atoms with Crippen molar-refractivity contribution in [2.45, 2.75) is 20.8 Å². The number of alkyl halides is 1. The van der Waals surface area contributed by atoms with E-state index in [0.717, 1.165) is 0 Å². The van der Waals surface area contributed by atoms with Gasteiger partial charge in [0.05, 0.1) is 0 Å². The second kappa shape index (κ2) is 8.83. The Morgan fingerprint density at radius 1 is 1.60 bits per heavy atom. The maximum Gasteiger partial charge on any atom is -0.000735 e. The lowest BCUT2D eigenvalue weighted by Gasteiger charge is -1.66. The van der Waals surface area contributed by atoms with E-state index in [0.29, 0.717) is 0 Å². The van der Waals surface area contributed by atoms with Crippen molar-refractivity contribution in [3.63, 3.8) is 0 Å². The normalized spacial score (nSPS) is 6.00. The molecule has 0 saturated heterocycles. The van der Waals surface area contributed by atoms with Gasteiger partial charge in [-0.25, -0.2) is 0 Å². The molecule has 0 aliphatic heterocycles. The Balaban J connectivity index is 0. The molecule has 0 aliphatic rings. The molecule has 5 heavy (non-hydrogen) atoms. The lowest BCUT2D eigenvalue weighted by atomic mass is 10.6. The Morgan fingerprint density at radius 2 is 1.80 bits per heavy atom. The van der Waals surface area contributed by atoms with Crippen LogP contribution in [0.2, 0.25) is 0 Å².